The zero-order chi connectivity index (χ0) is 23.0. The van der Waals surface area contributed by atoms with Gasteiger partial charge in [-0.05, 0) is 35.4 Å². The van der Waals surface area contributed by atoms with Gasteiger partial charge in [0, 0.05) is 23.0 Å². The summed E-state index contributed by atoms with van der Waals surface area (Å²) in [4.78, 5) is 4.34. The van der Waals surface area contributed by atoms with E-state index in [4.69, 9.17) is 16.3 Å². The summed E-state index contributed by atoms with van der Waals surface area (Å²) in [7, 11) is 1.60. The highest BCUT2D eigenvalue weighted by Gasteiger charge is 2.38. The smallest absolute Gasteiger partial charge is 0.245 e. The number of fused-ring (bicyclic) bond motifs is 1. The van der Waals surface area contributed by atoms with Crippen molar-refractivity contribution < 1.29 is 13.5 Å². The third-order valence-corrected chi connectivity index (χ3v) is 6.07. The van der Waals surface area contributed by atoms with Crippen LogP contribution in [0.2, 0.25) is 5.02 Å². The standard InChI is InChI=1S/C24H20ClF2N5O/c1-33-19-10-17(12-28-13-19)24(16-3-5-18(25)6-4-16)9-8-20(29-24)15-2-7-22-30-31-23(11-21(26)27)32(22)14-15/h2-10,12-14,20-21,29H,11H2,1H3. The number of pyridine rings is 2. The van der Waals surface area contributed by atoms with Gasteiger partial charge in [-0.25, -0.2) is 8.78 Å². The van der Waals surface area contributed by atoms with Crippen LogP contribution in [0.15, 0.2) is 73.2 Å². The van der Waals surface area contributed by atoms with Gasteiger partial charge in [-0.1, -0.05) is 42.0 Å². The molecular weight excluding hydrogens is 448 g/mol. The SMILES string of the molecule is COc1cncc(C2(c3ccc(Cl)cc3)C=CC(c3ccc4nnc(CC(F)F)n4c3)N2)c1. The molecule has 0 fully saturated rings. The highest BCUT2D eigenvalue weighted by atomic mass is 35.5. The van der Waals surface area contributed by atoms with E-state index >= 15 is 0 Å². The zero-order valence-corrected chi connectivity index (χ0v) is 18.4. The Hall–Kier alpha value is -3.36. The second-order valence-electron chi connectivity index (χ2n) is 7.81. The number of nitrogens with one attached hydrogen (secondary N) is 1. The molecule has 0 amide bonds. The van der Waals surface area contributed by atoms with E-state index in [9.17, 15) is 8.78 Å². The van der Waals surface area contributed by atoms with Crippen LogP contribution in [0, 0.1) is 0 Å². The van der Waals surface area contributed by atoms with Gasteiger partial charge in [0.25, 0.3) is 0 Å². The lowest BCUT2D eigenvalue weighted by atomic mass is 9.84. The first-order valence-electron chi connectivity index (χ1n) is 10.3. The summed E-state index contributed by atoms with van der Waals surface area (Å²) < 4.78 is 32.9. The van der Waals surface area contributed by atoms with Gasteiger partial charge in [0.05, 0.1) is 31.3 Å². The summed E-state index contributed by atoms with van der Waals surface area (Å²) in [6.07, 6.45) is 6.42. The van der Waals surface area contributed by atoms with Crippen molar-refractivity contribution in [2.75, 3.05) is 7.11 Å². The fourth-order valence-electron chi connectivity index (χ4n) is 4.18. The minimum absolute atomic E-state index is 0.196. The summed E-state index contributed by atoms with van der Waals surface area (Å²) in [5, 5.41) is 12.2. The Morgan fingerprint density at radius 3 is 2.70 bits per heavy atom. The number of ether oxygens (including phenoxy) is 1. The van der Waals surface area contributed by atoms with E-state index < -0.39 is 18.4 Å². The number of aromatic nitrogens is 4. The van der Waals surface area contributed by atoms with E-state index in [-0.39, 0.29) is 11.9 Å². The second kappa shape index (κ2) is 8.53. The first-order valence-corrected chi connectivity index (χ1v) is 10.7. The third kappa shape index (κ3) is 3.96. The second-order valence-corrected chi connectivity index (χ2v) is 8.25. The van der Waals surface area contributed by atoms with Crippen LogP contribution in [0.25, 0.3) is 5.65 Å². The molecule has 4 heterocycles. The summed E-state index contributed by atoms with van der Waals surface area (Å²) in [5.41, 5.74) is 2.60. The van der Waals surface area contributed by atoms with E-state index in [1.807, 2.05) is 42.5 Å². The Kier molecular flexibility index (Phi) is 5.55. The molecule has 2 atom stereocenters. The molecule has 1 aromatic carbocycles. The Bertz CT molecular complexity index is 1320. The fraction of sp³-hybridized carbons (Fsp3) is 0.208. The Morgan fingerprint density at radius 1 is 1.12 bits per heavy atom. The van der Waals surface area contributed by atoms with Gasteiger partial charge in [0.1, 0.15) is 11.6 Å². The van der Waals surface area contributed by atoms with Crippen molar-refractivity contribution in [1.82, 2.24) is 24.9 Å². The Balaban J connectivity index is 1.56. The molecule has 9 heteroatoms. The van der Waals surface area contributed by atoms with Crippen LogP contribution in [0.1, 0.15) is 28.6 Å². The van der Waals surface area contributed by atoms with Crippen LogP contribution < -0.4 is 10.1 Å². The molecule has 1 N–H and O–H groups in total. The van der Waals surface area contributed by atoms with Crippen LogP contribution >= 0.6 is 11.6 Å². The van der Waals surface area contributed by atoms with Gasteiger partial charge in [0.2, 0.25) is 6.43 Å². The monoisotopic (exact) mass is 467 g/mol. The normalized spacial score (nSPS) is 20.1. The minimum atomic E-state index is -2.50. The van der Waals surface area contributed by atoms with Crippen molar-refractivity contribution in [2.45, 2.75) is 24.4 Å². The van der Waals surface area contributed by atoms with Crippen LogP contribution in [0.5, 0.6) is 5.75 Å². The number of rotatable bonds is 6. The molecule has 33 heavy (non-hydrogen) atoms. The summed E-state index contributed by atoms with van der Waals surface area (Å²) in [6, 6.07) is 13.0. The van der Waals surface area contributed by atoms with Gasteiger partial charge in [-0.2, -0.15) is 0 Å². The van der Waals surface area contributed by atoms with Crippen LogP contribution in [0.3, 0.4) is 0 Å². The summed E-state index contributed by atoms with van der Waals surface area (Å²) in [5.74, 6) is 0.867. The molecule has 168 valence electrons. The molecule has 4 aromatic rings. The first kappa shape index (κ1) is 21.5. The molecule has 3 aromatic heterocycles. The van der Waals surface area contributed by atoms with Crippen LogP contribution in [-0.2, 0) is 12.0 Å². The molecular formula is C24H20ClF2N5O. The van der Waals surface area contributed by atoms with Crippen molar-refractivity contribution in [1.29, 1.82) is 0 Å². The molecule has 2 unspecified atom stereocenters. The molecule has 0 saturated carbocycles. The largest absolute Gasteiger partial charge is 0.495 e. The van der Waals surface area contributed by atoms with Gasteiger partial charge in [-0.15, -0.1) is 10.2 Å². The van der Waals surface area contributed by atoms with Crippen molar-refractivity contribution in [3.63, 3.8) is 0 Å². The van der Waals surface area contributed by atoms with Crippen LogP contribution in [-0.4, -0.2) is 33.1 Å². The van der Waals surface area contributed by atoms with E-state index in [1.54, 1.807) is 36.2 Å². The molecule has 0 radical (unpaired) electrons. The third-order valence-electron chi connectivity index (χ3n) is 5.82. The number of halogens is 3. The highest BCUT2D eigenvalue weighted by Crippen LogP contribution is 2.40. The lowest BCUT2D eigenvalue weighted by molar-refractivity contribution is 0.146. The van der Waals surface area contributed by atoms with E-state index in [1.165, 1.54) is 0 Å². The fourth-order valence-corrected chi connectivity index (χ4v) is 4.30. The maximum absolute atomic E-state index is 13.0. The number of methoxy groups -OCH3 is 1. The Morgan fingerprint density at radius 2 is 1.94 bits per heavy atom. The van der Waals surface area contributed by atoms with Gasteiger partial charge < -0.3 is 4.74 Å². The molecule has 5 rings (SSSR count). The number of hydrogen-bond donors (Lipinski definition) is 1. The first-order chi connectivity index (χ1) is 16.0. The molecule has 1 aliphatic heterocycles. The van der Waals surface area contributed by atoms with E-state index in [2.05, 4.69) is 26.6 Å². The number of hydrogen-bond acceptors (Lipinski definition) is 5. The molecule has 1 aliphatic rings. The topological polar surface area (TPSA) is 64.3 Å². The molecule has 0 spiro atoms. The van der Waals surface area contributed by atoms with Crippen molar-refractivity contribution in [2.24, 2.45) is 0 Å². The lowest BCUT2D eigenvalue weighted by Crippen LogP contribution is -2.39. The maximum Gasteiger partial charge on any atom is 0.245 e. The van der Waals surface area contributed by atoms with Crippen molar-refractivity contribution in [3.8, 4) is 5.75 Å². The molecule has 0 aliphatic carbocycles. The molecule has 0 bridgehead atoms. The molecule has 0 saturated heterocycles. The van der Waals surface area contributed by atoms with Gasteiger partial charge in [-0.3, -0.25) is 14.7 Å². The van der Waals surface area contributed by atoms with Gasteiger partial charge in [0.15, 0.2) is 5.65 Å². The number of nitrogens with zero attached hydrogens (tertiary/aromatic N) is 4. The summed E-state index contributed by atoms with van der Waals surface area (Å²) >= 11 is 6.14. The Labute approximate surface area is 193 Å². The van der Waals surface area contributed by atoms with Crippen molar-refractivity contribution >= 4 is 17.2 Å². The number of benzene rings is 1. The average molecular weight is 468 g/mol. The minimum Gasteiger partial charge on any atom is -0.495 e. The number of alkyl halides is 2. The van der Waals surface area contributed by atoms with E-state index in [0.717, 1.165) is 16.7 Å². The van der Waals surface area contributed by atoms with Crippen LogP contribution in [0.4, 0.5) is 8.78 Å². The van der Waals surface area contributed by atoms with Gasteiger partial charge >= 0.3 is 0 Å². The summed E-state index contributed by atoms with van der Waals surface area (Å²) in [6.45, 7) is 0. The highest BCUT2D eigenvalue weighted by molar-refractivity contribution is 6.30. The lowest BCUT2D eigenvalue weighted by Gasteiger charge is -2.31. The zero-order valence-electron chi connectivity index (χ0n) is 17.6. The predicted molar refractivity (Wildman–Crippen MR) is 121 cm³/mol. The van der Waals surface area contributed by atoms with Crippen molar-refractivity contribution in [3.05, 3.63) is 101 Å². The predicted octanol–water partition coefficient (Wildman–Crippen LogP) is 4.74. The quantitative estimate of drug-likeness (QED) is 0.415. The van der Waals surface area contributed by atoms with E-state index in [0.29, 0.717) is 16.4 Å². The average Bonchev–Trinajstić information content (AvgIpc) is 3.45. The maximum atomic E-state index is 13.0. The molecule has 6 nitrogen and oxygen atoms in total.